The first-order valence-electron chi connectivity index (χ1n) is 9.87. The van der Waals surface area contributed by atoms with Gasteiger partial charge >= 0.3 is 6.03 Å². The van der Waals surface area contributed by atoms with Crippen molar-refractivity contribution in [1.82, 2.24) is 10.6 Å². The Morgan fingerprint density at radius 2 is 1.77 bits per heavy atom. The van der Waals surface area contributed by atoms with Gasteiger partial charge in [0.1, 0.15) is 0 Å². The number of carbonyl (C=O) groups is 2. The van der Waals surface area contributed by atoms with E-state index in [4.69, 9.17) is 0 Å². The quantitative estimate of drug-likeness (QED) is 0.618. The molecule has 6 heteroatoms. The molecule has 0 aromatic heterocycles. The van der Waals surface area contributed by atoms with Crippen LogP contribution < -0.4 is 20.9 Å². The van der Waals surface area contributed by atoms with Gasteiger partial charge in [0.25, 0.3) is 5.91 Å². The number of anilines is 2. The summed E-state index contributed by atoms with van der Waals surface area (Å²) < 4.78 is 0. The Bertz CT molecular complexity index is 597. The zero-order valence-corrected chi connectivity index (χ0v) is 16.1. The molecule has 1 aromatic carbocycles. The fourth-order valence-corrected chi connectivity index (χ4v) is 3.09. The van der Waals surface area contributed by atoms with Crippen molar-refractivity contribution in [2.24, 2.45) is 0 Å². The minimum Gasteiger partial charge on any atom is -0.371 e. The largest absolute Gasteiger partial charge is 0.371 e. The first-order valence-corrected chi connectivity index (χ1v) is 9.87. The molecule has 26 heavy (non-hydrogen) atoms. The number of carbonyl (C=O) groups excluding carboxylic acids is 2. The van der Waals surface area contributed by atoms with Crippen LogP contribution in [0.1, 0.15) is 62.7 Å². The third-order valence-electron chi connectivity index (χ3n) is 4.55. The zero-order chi connectivity index (χ0) is 18.8. The molecule has 0 unspecified atom stereocenters. The van der Waals surface area contributed by atoms with Gasteiger partial charge in [-0.1, -0.05) is 20.3 Å². The summed E-state index contributed by atoms with van der Waals surface area (Å²) in [5.41, 5.74) is 2.23. The third-order valence-corrected chi connectivity index (χ3v) is 4.55. The molecule has 3 N–H and O–H groups in total. The molecule has 6 nitrogen and oxygen atoms in total. The van der Waals surface area contributed by atoms with Crippen molar-refractivity contribution in [2.75, 3.05) is 36.4 Å². The number of unbranched alkanes of at least 4 members (excludes halogenated alkanes) is 1. The van der Waals surface area contributed by atoms with Crippen molar-refractivity contribution in [3.63, 3.8) is 0 Å². The van der Waals surface area contributed by atoms with Crippen LogP contribution in [0.2, 0.25) is 0 Å². The zero-order valence-electron chi connectivity index (χ0n) is 16.1. The predicted octanol–water partition coefficient (Wildman–Crippen LogP) is 3.74. The van der Waals surface area contributed by atoms with Gasteiger partial charge < -0.3 is 20.9 Å². The number of benzene rings is 1. The summed E-state index contributed by atoms with van der Waals surface area (Å²) in [6.45, 7) is 7.35. The molecule has 1 aliphatic heterocycles. The SMILES string of the molecule is CCCCNC(=O)Nc1ccc(N2CCCCC2)c(C(=O)NCCC)c1. The fourth-order valence-electron chi connectivity index (χ4n) is 3.09. The lowest BCUT2D eigenvalue weighted by atomic mass is 10.1. The molecule has 144 valence electrons. The van der Waals surface area contributed by atoms with Gasteiger partial charge in [0.15, 0.2) is 0 Å². The lowest BCUT2D eigenvalue weighted by Crippen LogP contribution is -2.33. The van der Waals surface area contributed by atoms with Crippen LogP contribution >= 0.6 is 0 Å². The van der Waals surface area contributed by atoms with Gasteiger partial charge in [0.2, 0.25) is 0 Å². The van der Waals surface area contributed by atoms with E-state index in [1.807, 2.05) is 19.1 Å². The van der Waals surface area contributed by atoms with Crippen LogP contribution in [-0.2, 0) is 0 Å². The summed E-state index contributed by atoms with van der Waals surface area (Å²) in [4.78, 5) is 26.9. The van der Waals surface area contributed by atoms with E-state index in [2.05, 4.69) is 27.8 Å². The summed E-state index contributed by atoms with van der Waals surface area (Å²) in [7, 11) is 0. The maximum Gasteiger partial charge on any atom is 0.319 e. The number of urea groups is 1. The van der Waals surface area contributed by atoms with Gasteiger partial charge in [-0.2, -0.15) is 0 Å². The van der Waals surface area contributed by atoms with Crippen LogP contribution in [0, 0.1) is 0 Å². The number of rotatable bonds is 8. The number of hydrogen-bond donors (Lipinski definition) is 3. The molecule has 0 aliphatic carbocycles. The van der Waals surface area contributed by atoms with E-state index in [1.165, 1.54) is 6.42 Å². The highest BCUT2D eigenvalue weighted by atomic mass is 16.2. The van der Waals surface area contributed by atoms with E-state index in [0.29, 0.717) is 24.3 Å². The molecule has 1 fully saturated rings. The van der Waals surface area contributed by atoms with E-state index >= 15 is 0 Å². The van der Waals surface area contributed by atoms with Crippen LogP contribution in [0.25, 0.3) is 0 Å². The lowest BCUT2D eigenvalue weighted by Gasteiger charge is -2.30. The highest BCUT2D eigenvalue weighted by Crippen LogP contribution is 2.27. The van der Waals surface area contributed by atoms with Crippen molar-refractivity contribution >= 4 is 23.3 Å². The topological polar surface area (TPSA) is 73.5 Å². The Kier molecular flexibility index (Phi) is 8.25. The van der Waals surface area contributed by atoms with Gasteiger partial charge in [-0.05, 0) is 50.3 Å². The fraction of sp³-hybridized carbons (Fsp3) is 0.600. The Morgan fingerprint density at radius 3 is 2.46 bits per heavy atom. The lowest BCUT2D eigenvalue weighted by molar-refractivity contribution is 0.0954. The molecule has 1 heterocycles. The second kappa shape index (κ2) is 10.7. The first-order chi connectivity index (χ1) is 12.7. The van der Waals surface area contributed by atoms with Crippen LogP contribution in [0.5, 0.6) is 0 Å². The van der Waals surface area contributed by atoms with Crippen LogP contribution in [0.15, 0.2) is 18.2 Å². The van der Waals surface area contributed by atoms with Crippen molar-refractivity contribution < 1.29 is 9.59 Å². The highest BCUT2D eigenvalue weighted by Gasteiger charge is 2.19. The number of piperidine rings is 1. The minimum absolute atomic E-state index is 0.0811. The molecular weight excluding hydrogens is 328 g/mol. The number of nitrogens with one attached hydrogen (secondary N) is 3. The number of hydrogen-bond acceptors (Lipinski definition) is 3. The maximum absolute atomic E-state index is 12.6. The van der Waals surface area contributed by atoms with E-state index in [1.54, 1.807) is 6.07 Å². The summed E-state index contributed by atoms with van der Waals surface area (Å²) >= 11 is 0. The summed E-state index contributed by atoms with van der Waals surface area (Å²) in [5, 5.41) is 8.62. The minimum atomic E-state index is -0.232. The van der Waals surface area contributed by atoms with Crippen LogP contribution in [0.3, 0.4) is 0 Å². The predicted molar refractivity (Wildman–Crippen MR) is 107 cm³/mol. The summed E-state index contributed by atoms with van der Waals surface area (Å²) in [6.07, 6.45) is 6.41. The second-order valence-corrected chi connectivity index (χ2v) is 6.77. The maximum atomic E-state index is 12.6. The molecular formula is C20H32N4O2. The summed E-state index contributed by atoms with van der Waals surface area (Å²) in [6, 6.07) is 5.38. The molecule has 0 radical (unpaired) electrons. The highest BCUT2D eigenvalue weighted by molar-refractivity contribution is 6.02. The molecule has 1 aliphatic rings. The van der Waals surface area contributed by atoms with Gasteiger partial charge in [0.05, 0.1) is 5.56 Å². The first kappa shape index (κ1) is 20.1. The molecule has 1 saturated heterocycles. The average molecular weight is 361 g/mol. The Balaban J connectivity index is 2.15. The van der Waals surface area contributed by atoms with Crippen molar-refractivity contribution in [2.45, 2.75) is 52.4 Å². The molecule has 1 aromatic rings. The summed E-state index contributed by atoms with van der Waals surface area (Å²) in [5.74, 6) is -0.0811. The van der Waals surface area contributed by atoms with E-state index in [9.17, 15) is 9.59 Å². The van der Waals surface area contributed by atoms with Crippen molar-refractivity contribution in [1.29, 1.82) is 0 Å². The third kappa shape index (κ3) is 5.93. The van der Waals surface area contributed by atoms with E-state index < -0.39 is 0 Å². The molecule has 0 bridgehead atoms. The van der Waals surface area contributed by atoms with Crippen molar-refractivity contribution in [3.8, 4) is 0 Å². The van der Waals surface area contributed by atoms with E-state index in [-0.39, 0.29) is 11.9 Å². The van der Waals surface area contributed by atoms with Crippen molar-refractivity contribution in [3.05, 3.63) is 23.8 Å². The second-order valence-electron chi connectivity index (χ2n) is 6.77. The van der Waals surface area contributed by atoms with Crippen LogP contribution in [0.4, 0.5) is 16.2 Å². The molecule has 2 rings (SSSR count). The standard InChI is InChI=1S/C20H32N4O2/c1-3-5-12-22-20(26)23-16-9-10-18(24-13-7-6-8-14-24)17(15-16)19(25)21-11-4-2/h9-10,15H,3-8,11-14H2,1-2H3,(H,21,25)(H2,22,23,26). The number of amides is 3. The van der Waals surface area contributed by atoms with Crippen LogP contribution in [-0.4, -0.2) is 38.1 Å². The molecule has 0 atom stereocenters. The number of nitrogens with zero attached hydrogens (tertiary/aromatic N) is 1. The van der Waals surface area contributed by atoms with Gasteiger partial charge in [0, 0.05) is 37.6 Å². The smallest absolute Gasteiger partial charge is 0.319 e. The van der Waals surface area contributed by atoms with Gasteiger partial charge in [-0.3, -0.25) is 4.79 Å². The Morgan fingerprint density at radius 1 is 1.00 bits per heavy atom. The Labute approximate surface area is 156 Å². The molecule has 3 amide bonds. The Hall–Kier alpha value is -2.24. The van der Waals surface area contributed by atoms with E-state index in [0.717, 1.165) is 50.9 Å². The monoisotopic (exact) mass is 360 g/mol. The molecule has 0 spiro atoms. The normalized spacial score (nSPS) is 14.0. The van der Waals surface area contributed by atoms with Gasteiger partial charge in [-0.15, -0.1) is 0 Å². The average Bonchev–Trinajstić information content (AvgIpc) is 2.67. The molecule has 0 saturated carbocycles. The van der Waals surface area contributed by atoms with Gasteiger partial charge in [-0.25, -0.2) is 4.79 Å².